The SMILES string of the molecule is CC(=O)N1CC[C@@]2(c3ccccc3)CCN(Cc3ccccn3)C(=O)C[C@H]12. The second kappa shape index (κ2) is 7.14. The van der Waals surface area contributed by atoms with Crippen molar-refractivity contribution in [3.8, 4) is 0 Å². The number of carbonyl (C=O) groups excluding carboxylic acids is 2. The van der Waals surface area contributed by atoms with E-state index in [9.17, 15) is 9.59 Å². The molecule has 0 spiro atoms. The highest BCUT2D eigenvalue weighted by Gasteiger charge is 2.51. The average Bonchev–Trinajstić information content (AvgIpc) is 2.99. The molecule has 0 N–H and O–H groups in total. The van der Waals surface area contributed by atoms with Gasteiger partial charge in [-0.05, 0) is 30.5 Å². The van der Waals surface area contributed by atoms with Crippen molar-refractivity contribution in [2.45, 2.75) is 44.2 Å². The van der Waals surface area contributed by atoms with Crippen LogP contribution in [0.4, 0.5) is 0 Å². The molecule has 140 valence electrons. The van der Waals surface area contributed by atoms with Gasteiger partial charge >= 0.3 is 0 Å². The summed E-state index contributed by atoms with van der Waals surface area (Å²) in [6.45, 7) is 3.55. The van der Waals surface area contributed by atoms with Crippen LogP contribution in [-0.2, 0) is 21.5 Å². The Morgan fingerprint density at radius 1 is 1.11 bits per heavy atom. The lowest BCUT2D eigenvalue weighted by molar-refractivity contribution is -0.134. The quantitative estimate of drug-likeness (QED) is 0.843. The van der Waals surface area contributed by atoms with Gasteiger partial charge in [-0.1, -0.05) is 36.4 Å². The van der Waals surface area contributed by atoms with Gasteiger partial charge in [-0.3, -0.25) is 14.6 Å². The van der Waals surface area contributed by atoms with Gasteiger partial charge in [0.25, 0.3) is 0 Å². The fraction of sp³-hybridized carbons (Fsp3) is 0.409. The van der Waals surface area contributed by atoms with Gasteiger partial charge in [0.15, 0.2) is 0 Å². The van der Waals surface area contributed by atoms with Crippen LogP contribution in [0.15, 0.2) is 54.7 Å². The Morgan fingerprint density at radius 3 is 2.56 bits per heavy atom. The fourth-order valence-corrected chi connectivity index (χ4v) is 4.77. The molecule has 1 aromatic carbocycles. The first-order chi connectivity index (χ1) is 13.1. The van der Waals surface area contributed by atoms with Crippen LogP contribution < -0.4 is 0 Å². The third-order valence-electron chi connectivity index (χ3n) is 6.19. The Hall–Kier alpha value is -2.69. The van der Waals surface area contributed by atoms with Crippen LogP contribution in [0.2, 0.25) is 0 Å². The first kappa shape index (κ1) is 17.7. The lowest BCUT2D eigenvalue weighted by atomic mass is 9.71. The van der Waals surface area contributed by atoms with Crippen molar-refractivity contribution in [2.75, 3.05) is 13.1 Å². The molecule has 5 heteroatoms. The fourth-order valence-electron chi connectivity index (χ4n) is 4.77. The summed E-state index contributed by atoms with van der Waals surface area (Å²) in [6, 6.07) is 16.1. The second-order valence-electron chi connectivity index (χ2n) is 7.59. The van der Waals surface area contributed by atoms with Gasteiger partial charge in [0.2, 0.25) is 11.8 Å². The summed E-state index contributed by atoms with van der Waals surface area (Å²) in [5.74, 6) is 0.167. The summed E-state index contributed by atoms with van der Waals surface area (Å²) in [4.78, 5) is 33.5. The maximum atomic E-state index is 13.1. The van der Waals surface area contributed by atoms with E-state index in [1.165, 1.54) is 5.56 Å². The number of carbonyl (C=O) groups is 2. The first-order valence-corrected chi connectivity index (χ1v) is 9.60. The maximum Gasteiger partial charge on any atom is 0.225 e. The second-order valence-corrected chi connectivity index (χ2v) is 7.59. The van der Waals surface area contributed by atoms with Crippen molar-refractivity contribution in [1.82, 2.24) is 14.8 Å². The van der Waals surface area contributed by atoms with E-state index in [1.807, 2.05) is 34.1 Å². The number of nitrogens with zero attached hydrogens (tertiary/aromatic N) is 3. The molecule has 3 heterocycles. The Morgan fingerprint density at radius 2 is 1.85 bits per heavy atom. The number of aromatic nitrogens is 1. The van der Waals surface area contributed by atoms with Gasteiger partial charge in [0.05, 0.1) is 18.3 Å². The molecule has 5 nitrogen and oxygen atoms in total. The molecule has 0 saturated carbocycles. The number of amides is 2. The van der Waals surface area contributed by atoms with Crippen molar-refractivity contribution in [1.29, 1.82) is 0 Å². The van der Waals surface area contributed by atoms with E-state index in [-0.39, 0.29) is 23.3 Å². The van der Waals surface area contributed by atoms with Gasteiger partial charge in [-0.2, -0.15) is 0 Å². The number of rotatable bonds is 3. The van der Waals surface area contributed by atoms with Crippen molar-refractivity contribution >= 4 is 11.8 Å². The van der Waals surface area contributed by atoms with Crippen molar-refractivity contribution < 1.29 is 9.59 Å². The van der Waals surface area contributed by atoms with Crippen LogP contribution in [0, 0.1) is 0 Å². The van der Waals surface area contributed by atoms with Crippen molar-refractivity contribution in [3.63, 3.8) is 0 Å². The third kappa shape index (κ3) is 3.22. The zero-order valence-corrected chi connectivity index (χ0v) is 15.7. The number of hydrogen-bond donors (Lipinski definition) is 0. The minimum Gasteiger partial charge on any atom is -0.339 e. The maximum absolute atomic E-state index is 13.1. The summed E-state index contributed by atoms with van der Waals surface area (Å²) in [6.07, 6.45) is 3.91. The molecule has 0 radical (unpaired) electrons. The minimum absolute atomic E-state index is 0.0591. The van der Waals surface area contributed by atoms with E-state index >= 15 is 0 Å². The number of fused-ring (bicyclic) bond motifs is 1. The molecule has 1 aromatic heterocycles. The number of hydrogen-bond acceptors (Lipinski definition) is 3. The number of benzene rings is 1. The van der Waals surface area contributed by atoms with Crippen LogP contribution >= 0.6 is 0 Å². The topological polar surface area (TPSA) is 53.5 Å². The zero-order valence-electron chi connectivity index (χ0n) is 15.7. The molecule has 2 fully saturated rings. The average molecular weight is 363 g/mol. The van der Waals surface area contributed by atoms with Crippen LogP contribution in [0.1, 0.15) is 37.4 Å². The predicted molar refractivity (Wildman–Crippen MR) is 103 cm³/mol. The summed E-state index contributed by atoms with van der Waals surface area (Å²) in [5, 5.41) is 0. The Balaban J connectivity index is 1.66. The smallest absolute Gasteiger partial charge is 0.225 e. The Bertz CT molecular complexity index is 824. The third-order valence-corrected chi connectivity index (χ3v) is 6.19. The number of likely N-dealkylation sites (tertiary alicyclic amines) is 2. The van der Waals surface area contributed by atoms with Gasteiger partial charge < -0.3 is 9.80 Å². The molecule has 0 aliphatic carbocycles. The Kier molecular flexibility index (Phi) is 4.68. The van der Waals surface area contributed by atoms with Gasteiger partial charge in [-0.25, -0.2) is 0 Å². The summed E-state index contributed by atoms with van der Waals surface area (Å²) < 4.78 is 0. The van der Waals surface area contributed by atoms with E-state index < -0.39 is 0 Å². The molecule has 0 unspecified atom stereocenters. The molecule has 2 aliphatic heterocycles. The summed E-state index contributed by atoms with van der Waals surface area (Å²) in [5.41, 5.74) is 1.99. The van der Waals surface area contributed by atoms with Crippen LogP contribution in [0.25, 0.3) is 0 Å². The molecule has 27 heavy (non-hydrogen) atoms. The molecule has 2 atom stereocenters. The minimum atomic E-state index is -0.151. The number of pyridine rings is 1. The Labute approximate surface area is 160 Å². The van der Waals surface area contributed by atoms with E-state index in [0.29, 0.717) is 19.5 Å². The highest BCUT2D eigenvalue weighted by atomic mass is 16.2. The molecule has 0 bridgehead atoms. The van der Waals surface area contributed by atoms with Crippen LogP contribution in [0.3, 0.4) is 0 Å². The van der Waals surface area contributed by atoms with E-state index in [4.69, 9.17) is 0 Å². The van der Waals surface area contributed by atoms with Crippen LogP contribution in [-0.4, -0.2) is 45.7 Å². The van der Waals surface area contributed by atoms with E-state index in [2.05, 4.69) is 29.2 Å². The summed E-state index contributed by atoms with van der Waals surface area (Å²) in [7, 11) is 0. The molecule has 2 saturated heterocycles. The normalized spacial score (nSPS) is 25.2. The first-order valence-electron chi connectivity index (χ1n) is 9.60. The summed E-state index contributed by atoms with van der Waals surface area (Å²) >= 11 is 0. The van der Waals surface area contributed by atoms with Gasteiger partial charge in [0, 0.05) is 38.0 Å². The van der Waals surface area contributed by atoms with Gasteiger partial charge in [-0.15, -0.1) is 0 Å². The zero-order chi connectivity index (χ0) is 18.9. The van der Waals surface area contributed by atoms with Crippen molar-refractivity contribution in [3.05, 3.63) is 66.0 Å². The predicted octanol–water partition coefficient (Wildman–Crippen LogP) is 2.76. The highest BCUT2D eigenvalue weighted by Crippen LogP contribution is 2.46. The lowest BCUT2D eigenvalue weighted by Crippen LogP contribution is -2.45. The highest BCUT2D eigenvalue weighted by molar-refractivity contribution is 5.80. The largest absolute Gasteiger partial charge is 0.339 e. The van der Waals surface area contributed by atoms with Gasteiger partial charge in [0.1, 0.15) is 0 Å². The van der Waals surface area contributed by atoms with E-state index in [1.54, 1.807) is 13.1 Å². The molecule has 4 rings (SSSR count). The molecule has 2 amide bonds. The standard InChI is InChI=1S/C22H25N3O2/c1-17(26)25-14-11-22(18-7-3-2-4-8-18)10-13-24(21(27)15-20(22)25)16-19-9-5-6-12-23-19/h2-9,12,20H,10-11,13-16H2,1H3/t20-,22+/m0/s1. The lowest BCUT2D eigenvalue weighted by Gasteiger charge is -2.36. The molecule has 2 aliphatic rings. The molecule has 2 aromatic rings. The van der Waals surface area contributed by atoms with Crippen LogP contribution in [0.5, 0.6) is 0 Å². The van der Waals surface area contributed by atoms with Crippen molar-refractivity contribution in [2.24, 2.45) is 0 Å². The molecular weight excluding hydrogens is 338 g/mol. The van der Waals surface area contributed by atoms with E-state index in [0.717, 1.165) is 25.1 Å². The molecular formula is C22H25N3O2. The monoisotopic (exact) mass is 363 g/mol.